The molecule has 3 heterocycles. The molecule has 0 spiro atoms. The van der Waals surface area contributed by atoms with Crippen LogP contribution < -0.4 is 10.2 Å². The number of nitrogens with zero attached hydrogens (tertiary/aromatic N) is 3. The van der Waals surface area contributed by atoms with Crippen molar-refractivity contribution in [2.24, 2.45) is 5.92 Å². The summed E-state index contributed by atoms with van der Waals surface area (Å²) in [5, 5.41) is 12.6. The molecular formula is C15H20N4. The molecule has 4 nitrogen and oxygen atoms in total. The third-order valence-corrected chi connectivity index (χ3v) is 4.30. The fourth-order valence-corrected chi connectivity index (χ4v) is 3.32. The van der Waals surface area contributed by atoms with E-state index in [1.54, 1.807) is 6.07 Å². The Morgan fingerprint density at radius 3 is 3.05 bits per heavy atom. The van der Waals surface area contributed by atoms with Crippen LogP contribution in [0.4, 0.5) is 5.82 Å². The van der Waals surface area contributed by atoms with Crippen molar-refractivity contribution in [1.82, 2.24) is 10.3 Å². The van der Waals surface area contributed by atoms with Gasteiger partial charge < -0.3 is 10.2 Å². The lowest BCUT2D eigenvalue weighted by atomic mass is 9.90. The first-order valence-electron chi connectivity index (χ1n) is 7.22. The fourth-order valence-electron chi connectivity index (χ4n) is 3.32. The fraction of sp³-hybridized carbons (Fsp3) is 0.600. The lowest BCUT2D eigenvalue weighted by Crippen LogP contribution is -2.43. The predicted octanol–water partition coefficient (Wildman–Crippen LogP) is 1.92. The highest BCUT2D eigenvalue weighted by molar-refractivity contribution is 5.42. The molecule has 0 radical (unpaired) electrons. The minimum absolute atomic E-state index is 0.513. The minimum Gasteiger partial charge on any atom is -0.356 e. The normalized spacial score (nSPS) is 27.2. The number of hydrogen-bond donors (Lipinski definition) is 1. The number of nitriles is 1. The maximum absolute atomic E-state index is 8.94. The molecular weight excluding hydrogens is 236 g/mol. The van der Waals surface area contributed by atoms with Gasteiger partial charge >= 0.3 is 0 Å². The lowest BCUT2D eigenvalue weighted by Gasteiger charge is -2.36. The molecule has 2 saturated heterocycles. The zero-order valence-corrected chi connectivity index (χ0v) is 11.2. The highest BCUT2D eigenvalue weighted by Gasteiger charge is 2.29. The van der Waals surface area contributed by atoms with Crippen LogP contribution in [-0.4, -0.2) is 30.7 Å². The molecule has 2 aliphatic heterocycles. The molecule has 1 aromatic rings. The van der Waals surface area contributed by atoms with E-state index < -0.39 is 0 Å². The van der Waals surface area contributed by atoms with Crippen molar-refractivity contribution >= 4 is 5.82 Å². The molecule has 19 heavy (non-hydrogen) atoms. The highest BCUT2D eigenvalue weighted by Crippen LogP contribution is 2.27. The number of anilines is 1. The number of aromatic nitrogens is 1. The van der Waals surface area contributed by atoms with Gasteiger partial charge in [0.25, 0.3) is 0 Å². The zero-order valence-electron chi connectivity index (χ0n) is 11.2. The summed E-state index contributed by atoms with van der Waals surface area (Å²) in [6.45, 7) is 3.30. The summed E-state index contributed by atoms with van der Waals surface area (Å²) >= 11 is 0. The molecule has 0 aliphatic carbocycles. The number of rotatable bonds is 2. The average Bonchev–Trinajstić information content (AvgIpc) is 3.02. The summed E-state index contributed by atoms with van der Waals surface area (Å²) < 4.78 is 0. The van der Waals surface area contributed by atoms with Crippen LogP contribution in [0.25, 0.3) is 0 Å². The Labute approximate surface area is 114 Å². The van der Waals surface area contributed by atoms with Gasteiger partial charge in [0, 0.05) is 19.1 Å². The molecule has 0 saturated carbocycles. The maximum atomic E-state index is 8.94. The van der Waals surface area contributed by atoms with Gasteiger partial charge in [-0.05, 0) is 50.3 Å². The van der Waals surface area contributed by atoms with E-state index in [1.165, 1.54) is 32.2 Å². The highest BCUT2D eigenvalue weighted by atomic mass is 15.2. The lowest BCUT2D eigenvalue weighted by molar-refractivity contribution is 0.328. The van der Waals surface area contributed by atoms with E-state index in [1.807, 2.05) is 12.1 Å². The first-order chi connectivity index (χ1) is 9.36. The predicted molar refractivity (Wildman–Crippen MR) is 74.9 cm³/mol. The van der Waals surface area contributed by atoms with E-state index in [4.69, 9.17) is 5.26 Å². The van der Waals surface area contributed by atoms with Crippen molar-refractivity contribution in [3.8, 4) is 6.07 Å². The van der Waals surface area contributed by atoms with Crippen LogP contribution >= 0.6 is 0 Å². The minimum atomic E-state index is 0.513. The largest absolute Gasteiger partial charge is 0.356 e. The Kier molecular flexibility index (Phi) is 3.65. The number of hydrogen-bond acceptors (Lipinski definition) is 4. The quantitative estimate of drug-likeness (QED) is 0.878. The Bertz CT molecular complexity index is 473. The molecule has 2 aliphatic rings. The van der Waals surface area contributed by atoms with Crippen molar-refractivity contribution in [2.75, 3.05) is 24.5 Å². The van der Waals surface area contributed by atoms with Crippen LogP contribution in [0.15, 0.2) is 18.2 Å². The summed E-state index contributed by atoms with van der Waals surface area (Å²) in [5.41, 5.74) is 0.513. The molecule has 2 unspecified atom stereocenters. The second kappa shape index (κ2) is 5.58. The van der Waals surface area contributed by atoms with Crippen molar-refractivity contribution in [3.63, 3.8) is 0 Å². The van der Waals surface area contributed by atoms with Crippen LogP contribution in [0.5, 0.6) is 0 Å². The van der Waals surface area contributed by atoms with Crippen molar-refractivity contribution < 1.29 is 0 Å². The van der Waals surface area contributed by atoms with E-state index in [-0.39, 0.29) is 0 Å². The Morgan fingerprint density at radius 1 is 1.32 bits per heavy atom. The van der Waals surface area contributed by atoms with Gasteiger partial charge in [0.2, 0.25) is 0 Å². The summed E-state index contributed by atoms with van der Waals surface area (Å²) in [6.07, 6.45) is 5.15. The van der Waals surface area contributed by atoms with Crippen LogP contribution in [0.1, 0.15) is 31.4 Å². The molecule has 4 heteroatoms. The third-order valence-electron chi connectivity index (χ3n) is 4.30. The Hall–Kier alpha value is -1.60. The van der Waals surface area contributed by atoms with Gasteiger partial charge in [-0.1, -0.05) is 6.07 Å². The van der Waals surface area contributed by atoms with Crippen molar-refractivity contribution in [3.05, 3.63) is 23.9 Å². The molecule has 3 rings (SSSR count). The van der Waals surface area contributed by atoms with Gasteiger partial charge in [0.05, 0.1) is 0 Å². The zero-order chi connectivity index (χ0) is 13.1. The standard InChI is InChI=1S/C15H20N4/c16-10-13-5-1-7-15(18-13)19-9-3-4-12(11-19)14-6-2-8-17-14/h1,5,7,12,14,17H,2-4,6,8-9,11H2. The Morgan fingerprint density at radius 2 is 2.26 bits per heavy atom. The summed E-state index contributed by atoms with van der Waals surface area (Å²) in [6, 6.07) is 8.52. The van der Waals surface area contributed by atoms with Gasteiger partial charge in [-0.2, -0.15) is 5.26 Å². The van der Waals surface area contributed by atoms with Crippen LogP contribution in [0, 0.1) is 17.2 Å². The molecule has 0 amide bonds. The van der Waals surface area contributed by atoms with Crippen LogP contribution in [0.3, 0.4) is 0 Å². The van der Waals surface area contributed by atoms with Crippen molar-refractivity contribution in [1.29, 1.82) is 5.26 Å². The van der Waals surface area contributed by atoms with Gasteiger partial charge in [-0.25, -0.2) is 4.98 Å². The van der Waals surface area contributed by atoms with Crippen molar-refractivity contribution in [2.45, 2.75) is 31.7 Å². The van der Waals surface area contributed by atoms with Gasteiger partial charge in [-0.15, -0.1) is 0 Å². The van der Waals surface area contributed by atoms with E-state index in [2.05, 4.69) is 21.3 Å². The van der Waals surface area contributed by atoms with Gasteiger partial charge in [0.15, 0.2) is 0 Å². The second-order valence-corrected chi connectivity index (χ2v) is 5.54. The third kappa shape index (κ3) is 2.71. The molecule has 0 aromatic carbocycles. The molecule has 0 bridgehead atoms. The monoisotopic (exact) mass is 256 g/mol. The first-order valence-corrected chi connectivity index (χ1v) is 7.22. The van der Waals surface area contributed by atoms with Gasteiger partial charge in [-0.3, -0.25) is 0 Å². The molecule has 2 fully saturated rings. The molecule has 1 aromatic heterocycles. The van der Waals surface area contributed by atoms with Crippen LogP contribution in [0.2, 0.25) is 0 Å². The van der Waals surface area contributed by atoms with E-state index >= 15 is 0 Å². The molecule has 1 N–H and O–H groups in total. The van der Waals surface area contributed by atoms with Crippen LogP contribution in [-0.2, 0) is 0 Å². The second-order valence-electron chi connectivity index (χ2n) is 5.54. The molecule has 100 valence electrons. The number of pyridine rings is 1. The summed E-state index contributed by atoms with van der Waals surface area (Å²) in [7, 11) is 0. The SMILES string of the molecule is N#Cc1cccc(N2CCCC(C3CCCN3)C2)n1. The first kappa shape index (κ1) is 12.4. The van der Waals surface area contributed by atoms with E-state index in [9.17, 15) is 0 Å². The average molecular weight is 256 g/mol. The van der Waals surface area contributed by atoms with E-state index in [0.717, 1.165) is 24.8 Å². The summed E-state index contributed by atoms with van der Waals surface area (Å²) in [5.74, 6) is 1.69. The molecule has 2 atom stereocenters. The number of nitrogens with one attached hydrogen (secondary N) is 1. The summed E-state index contributed by atoms with van der Waals surface area (Å²) in [4.78, 5) is 6.76. The Balaban J connectivity index is 1.72. The number of piperidine rings is 1. The smallest absolute Gasteiger partial charge is 0.142 e. The maximum Gasteiger partial charge on any atom is 0.142 e. The van der Waals surface area contributed by atoms with E-state index in [0.29, 0.717) is 11.7 Å². The topological polar surface area (TPSA) is 52.0 Å². The van der Waals surface area contributed by atoms with Gasteiger partial charge in [0.1, 0.15) is 17.6 Å².